The van der Waals surface area contributed by atoms with Gasteiger partial charge in [-0.1, -0.05) is 24.2 Å². The fraction of sp³-hybridized carbons (Fsp3) is 0.353. The smallest absolute Gasteiger partial charge is 0.228 e. The van der Waals surface area contributed by atoms with Gasteiger partial charge in [-0.2, -0.15) is 0 Å². The van der Waals surface area contributed by atoms with Crippen LogP contribution in [0, 0.1) is 13.8 Å². The van der Waals surface area contributed by atoms with E-state index < -0.39 is 0 Å². The molecule has 1 aromatic carbocycles. The Hall–Kier alpha value is -2.21. The van der Waals surface area contributed by atoms with Crippen LogP contribution in [-0.2, 0) is 11.3 Å². The quantitative estimate of drug-likeness (QED) is 0.775. The van der Waals surface area contributed by atoms with Crippen molar-refractivity contribution in [2.24, 2.45) is 0 Å². The van der Waals surface area contributed by atoms with Crippen LogP contribution in [0.5, 0.6) is 0 Å². The topological polar surface area (TPSA) is 68.0 Å². The number of thiazole rings is 1. The molecule has 3 aromatic rings. The van der Waals surface area contributed by atoms with E-state index in [1.54, 1.807) is 11.3 Å². The van der Waals surface area contributed by atoms with E-state index in [0.29, 0.717) is 18.7 Å². The predicted molar refractivity (Wildman–Crippen MR) is 90.5 cm³/mol. The average molecular weight is 329 g/mol. The van der Waals surface area contributed by atoms with Crippen LogP contribution in [0.1, 0.15) is 41.3 Å². The Morgan fingerprint density at radius 1 is 1.35 bits per heavy atom. The van der Waals surface area contributed by atoms with Gasteiger partial charge in [-0.15, -0.1) is 11.3 Å². The Morgan fingerprint density at radius 2 is 2.13 bits per heavy atom. The number of rotatable bonds is 5. The Bertz CT molecular complexity index is 785. The molecule has 0 radical (unpaired) electrons. The van der Waals surface area contributed by atoms with Crippen molar-refractivity contribution < 1.29 is 9.32 Å². The van der Waals surface area contributed by atoms with Crippen molar-refractivity contribution in [1.82, 2.24) is 15.5 Å². The lowest BCUT2D eigenvalue weighted by Gasteiger charge is -2.14. The average Bonchev–Trinajstić information content (AvgIpc) is 3.11. The van der Waals surface area contributed by atoms with Crippen LogP contribution < -0.4 is 5.32 Å². The Morgan fingerprint density at radius 3 is 2.78 bits per heavy atom. The zero-order valence-corrected chi connectivity index (χ0v) is 14.2. The van der Waals surface area contributed by atoms with E-state index in [4.69, 9.17) is 4.52 Å². The molecule has 0 aliphatic heterocycles. The summed E-state index contributed by atoms with van der Waals surface area (Å²) in [6.07, 6.45) is 0.703. The number of aryl methyl sites for hydroxylation is 2. The molecule has 2 heterocycles. The van der Waals surface area contributed by atoms with Gasteiger partial charge in [0.15, 0.2) is 0 Å². The first kappa shape index (κ1) is 15.7. The summed E-state index contributed by atoms with van der Waals surface area (Å²) in [6.45, 7) is 6.15. The molecule has 0 saturated carbocycles. The van der Waals surface area contributed by atoms with Crippen LogP contribution in [0.2, 0.25) is 0 Å². The molecule has 6 heteroatoms. The summed E-state index contributed by atoms with van der Waals surface area (Å²) in [7, 11) is 0. The van der Waals surface area contributed by atoms with Gasteiger partial charge in [-0.25, -0.2) is 4.98 Å². The molecular weight excluding hydrogens is 310 g/mol. The number of hydrogen-bond acceptors (Lipinski definition) is 5. The van der Waals surface area contributed by atoms with E-state index in [1.165, 1.54) is 0 Å². The van der Waals surface area contributed by atoms with Gasteiger partial charge in [0.1, 0.15) is 10.8 Å². The molecule has 0 fully saturated rings. The summed E-state index contributed by atoms with van der Waals surface area (Å²) >= 11 is 1.61. The maximum Gasteiger partial charge on any atom is 0.228 e. The number of fused-ring (bicyclic) bond motifs is 1. The second-order valence-electron chi connectivity index (χ2n) is 5.49. The van der Waals surface area contributed by atoms with Crippen molar-refractivity contribution >= 4 is 27.5 Å². The molecule has 1 N–H and O–H groups in total. The van der Waals surface area contributed by atoms with Gasteiger partial charge in [0.2, 0.25) is 5.91 Å². The molecule has 23 heavy (non-hydrogen) atoms. The summed E-state index contributed by atoms with van der Waals surface area (Å²) in [5, 5.41) is 7.85. The standard InChI is InChI=1S/C17H19N3O2S/c1-4-12(16-10(2)20-22-11(16)3)17(21)18-9-15-19-13-7-5-6-8-14(13)23-15/h5-8,12H,4,9H2,1-3H3,(H,18,21)/t12-/m1/s1. The van der Waals surface area contributed by atoms with Gasteiger partial charge in [-0.05, 0) is 32.4 Å². The lowest BCUT2D eigenvalue weighted by molar-refractivity contribution is -0.122. The Labute approximate surface area is 138 Å². The molecule has 0 saturated heterocycles. The molecule has 0 bridgehead atoms. The highest BCUT2D eigenvalue weighted by molar-refractivity contribution is 7.18. The van der Waals surface area contributed by atoms with Crippen molar-refractivity contribution in [3.05, 3.63) is 46.3 Å². The number of carbonyl (C=O) groups is 1. The van der Waals surface area contributed by atoms with Crippen LogP contribution in [0.3, 0.4) is 0 Å². The van der Waals surface area contributed by atoms with Crippen molar-refractivity contribution in [3.63, 3.8) is 0 Å². The summed E-state index contributed by atoms with van der Waals surface area (Å²) in [6, 6.07) is 7.98. The number of para-hydroxylation sites is 1. The van der Waals surface area contributed by atoms with E-state index >= 15 is 0 Å². The highest BCUT2D eigenvalue weighted by atomic mass is 32.1. The molecule has 3 rings (SSSR count). The summed E-state index contributed by atoms with van der Waals surface area (Å²) < 4.78 is 6.32. The number of amides is 1. The van der Waals surface area contributed by atoms with Crippen LogP contribution in [0.15, 0.2) is 28.8 Å². The first-order valence-corrected chi connectivity index (χ1v) is 8.46. The maximum atomic E-state index is 12.6. The second-order valence-corrected chi connectivity index (χ2v) is 6.61. The predicted octanol–water partition coefficient (Wildman–Crippen LogP) is 3.71. The maximum absolute atomic E-state index is 12.6. The minimum absolute atomic E-state index is 0.0128. The van der Waals surface area contributed by atoms with Crippen LogP contribution in [0.25, 0.3) is 10.2 Å². The van der Waals surface area contributed by atoms with Crippen molar-refractivity contribution in [2.75, 3.05) is 0 Å². The van der Waals surface area contributed by atoms with Crippen molar-refractivity contribution in [2.45, 2.75) is 39.7 Å². The molecule has 5 nitrogen and oxygen atoms in total. The van der Waals surface area contributed by atoms with E-state index in [9.17, 15) is 4.79 Å². The van der Waals surface area contributed by atoms with Gasteiger partial charge in [0, 0.05) is 5.56 Å². The summed E-state index contributed by atoms with van der Waals surface area (Å²) in [4.78, 5) is 17.1. The number of nitrogens with one attached hydrogen (secondary N) is 1. The molecule has 2 aromatic heterocycles. The van der Waals surface area contributed by atoms with Gasteiger partial charge in [0.25, 0.3) is 0 Å². The number of hydrogen-bond donors (Lipinski definition) is 1. The monoisotopic (exact) mass is 329 g/mol. The fourth-order valence-corrected chi connectivity index (χ4v) is 3.70. The highest BCUT2D eigenvalue weighted by Crippen LogP contribution is 2.27. The summed E-state index contributed by atoms with van der Waals surface area (Å²) in [5.74, 6) is 0.460. The van der Waals surface area contributed by atoms with Crippen LogP contribution >= 0.6 is 11.3 Å². The molecule has 1 atom stereocenters. The van der Waals surface area contributed by atoms with Crippen molar-refractivity contribution in [3.8, 4) is 0 Å². The number of nitrogens with zero attached hydrogens (tertiary/aromatic N) is 2. The highest BCUT2D eigenvalue weighted by Gasteiger charge is 2.25. The molecule has 0 aliphatic carbocycles. The summed E-state index contributed by atoms with van der Waals surface area (Å²) in [5.41, 5.74) is 2.65. The minimum Gasteiger partial charge on any atom is -0.361 e. The third kappa shape index (κ3) is 3.12. The molecular formula is C17H19N3O2S. The Kier molecular flexibility index (Phi) is 4.43. The largest absolute Gasteiger partial charge is 0.361 e. The third-order valence-electron chi connectivity index (χ3n) is 3.91. The van der Waals surface area contributed by atoms with Crippen molar-refractivity contribution in [1.29, 1.82) is 0 Å². The zero-order chi connectivity index (χ0) is 16.4. The number of aromatic nitrogens is 2. The number of benzene rings is 1. The van der Waals surface area contributed by atoms with Gasteiger partial charge in [-0.3, -0.25) is 4.79 Å². The lowest BCUT2D eigenvalue weighted by Crippen LogP contribution is -2.29. The fourth-order valence-electron chi connectivity index (χ4n) is 2.79. The minimum atomic E-state index is -0.240. The molecule has 0 spiro atoms. The second kappa shape index (κ2) is 6.50. The molecule has 0 aliphatic rings. The zero-order valence-electron chi connectivity index (χ0n) is 13.4. The normalized spacial score (nSPS) is 12.5. The van der Waals surface area contributed by atoms with Gasteiger partial charge < -0.3 is 9.84 Å². The van der Waals surface area contributed by atoms with Crippen LogP contribution in [-0.4, -0.2) is 16.0 Å². The molecule has 0 unspecified atom stereocenters. The SMILES string of the molecule is CC[C@@H](C(=O)NCc1nc2ccccc2s1)c1c(C)noc1C. The Balaban J connectivity index is 1.72. The first-order valence-electron chi connectivity index (χ1n) is 7.65. The van der Waals surface area contributed by atoms with E-state index in [2.05, 4.69) is 15.5 Å². The third-order valence-corrected chi connectivity index (χ3v) is 4.95. The van der Waals surface area contributed by atoms with E-state index in [0.717, 1.165) is 26.5 Å². The molecule has 120 valence electrons. The molecule has 1 amide bonds. The van der Waals surface area contributed by atoms with E-state index in [1.807, 2.05) is 45.0 Å². The van der Waals surface area contributed by atoms with Crippen LogP contribution in [0.4, 0.5) is 0 Å². The van der Waals surface area contributed by atoms with Gasteiger partial charge >= 0.3 is 0 Å². The first-order chi connectivity index (χ1) is 11.1. The van der Waals surface area contributed by atoms with E-state index in [-0.39, 0.29) is 11.8 Å². The number of carbonyl (C=O) groups excluding carboxylic acids is 1. The van der Waals surface area contributed by atoms with Gasteiger partial charge in [0.05, 0.1) is 28.4 Å². The lowest BCUT2D eigenvalue weighted by atomic mass is 9.94.